The number of benzene rings is 3. The van der Waals surface area contributed by atoms with Crippen LogP contribution in [0.25, 0.3) is 0 Å². The molecule has 1 unspecified atom stereocenters. The number of aromatic hydroxyl groups is 1. The maximum absolute atomic E-state index is 12.2. The second-order valence-corrected chi connectivity index (χ2v) is 19.2. The van der Waals surface area contributed by atoms with Crippen molar-refractivity contribution in [1.82, 2.24) is 15.1 Å². The molecule has 0 bridgehead atoms. The van der Waals surface area contributed by atoms with E-state index in [4.69, 9.17) is 27.3 Å². The van der Waals surface area contributed by atoms with Crippen LogP contribution in [0.1, 0.15) is 130 Å². The first-order valence-corrected chi connectivity index (χ1v) is 22.0. The number of phenols is 1. The van der Waals surface area contributed by atoms with E-state index in [2.05, 4.69) is 56.7 Å². The van der Waals surface area contributed by atoms with Crippen LogP contribution < -0.4 is 20.7 Å². The quantitative estimate of drug-likeness (QED) is 0.182. The van der Waals surface area contributed by atoms with Gasteiger partial charge in [0.25, 0.3) is 11.8 Å². The summed E-state index contributed by atoms with van der Waals surface area (Å²) in [5.41, 5.74) is 8.18. The summed E-state index contributed by atoms with van der Waals surface area (Å²) in [5.74, 6) is -1.21. The molecule has 2 saturated carbocycles. The fourth-order valence-corrected chi connectivity index (χ4v) is 10.1. The molecule has 3 aromatic carbocycles. The summed E-state index contributed by atoms with van der Waals surface area (Å²) < 4.78 is 6.07. The highest BCUT2D eigenvalue weighted by Crippen LogP contribution is 2.55. The summed E-state index contributed by atoms with van der Waals surface area (Å²) in [6.07, 6.45) is 8.22. The Hall–Kier alpha value is -5.45. The maximum atomic E-state index is 12.2. The molecule has 2 saturated heterocycles. The highest BCUT2D eigenvalue weighted by Gasteiger charge is 2.55. The Morgan fingerprint density at radius 2 is 1.58 bits per heavy atom. The van der Waals surface area contributed by atoms with Crippen molar-refractivity contribution in [2.75, 3.05) is 24.5 Å². The molecule has 3 heterocycles. The number of ether oxygens (including phenoxy) is 1. The molecule has 13 nitrogen and oxygen atoms in total. The highest BCUT2D eigenvalue weighted by atomic mass is 35.5. The first-order valence-electron chi connectivity index (χ1n) is 21.6. The standard InChI is InChI=1S/C20H31N3O.C15H18ClNO.C13H10N2O5/c1-15(2)23(19-4-3-5-19)14-16-10-12-22(13-11-16)18-8-6-17(7-9-18)20(21)24;1-14(2)9-15(3,4)13(14)18-11-6-5-10(8-17)12(16)7-11;16-6-1-2-7-8(5-6)13(20)15(12(7)19)9-3-4-10(17)14-11(9)18/h6-9,15-16,19H,3-5,10-14H2,1-2H3,(H2,21,24);5-7,13H,9H2,1-4H3;1-2,5,9,16H,3-4H2,(H,14,17,18). The zero-order valence-electron chi connectivity index (χ0n) is 36.6. The number of hydrogen-bond acceptors (Lipinski definition) is 10. The molecule has 5 amide bonds. The van der Waals surface area contributed by atoms with E-state index in [0.717, 1.165) is 42.1 Å². The normalized spacial score (nSPS) is 20.8. The Labute approximate surface area is 369 Å². The number of piperidine rings is 2. The van der Waals surface area contributed by atoms with Crippen LogP contribution in [0.5, 0.6) is 11.5 Å². The van der Waals surface area contributed by atoms with E-state index in [1.165, 1.54) is 62.5 Å². The van der Waals surface area contributed by atoms with Crippen molar-refractivity contribution in [3.8, 4) is 17.6 Å². The van der Waals surface area contributed by atoms with Gasteiger partial charge in [-0.05, 0) is 113 Å². The maximum Gasteiger partial charge on any atom is 0.262 e. The van der Waals surface area contributed by atoms with Gasteiger partial charge >= 0.3 is 0 Å². The minimum atomic E-state index is -0.984. The molecule has 5 aliphatic rings. The zero-order valence-corrected chi connectivity index (χ0v) is 37.3. The number of nitriles is 1. The SMILES string of the molecule is CC(C)N(CC1CCN(c2ccc(C(N)=O)cc2)CC1)C1CCC1.CC1(C)CC(C)(C)C1Oc1ccc(C#N)c(Cl)c1.O=C1CCC(N2C(=O)c3ccc(O)cc3C2=O)C(=O)N1. The Bertz CT molecular complexity index is 2210. The molecule has 2 aliphatic carbocycles. The molecule has 4 fully saturated rings. The second kappa shape index (κ2) is 18.9. The molecule has 0 aromatic heterocycles. The Morgan fingerprint density at radius 1 is 0.935 bits per heavy atom. The average molecular weight is 867 g/mol. The van der Waals surface area contributed by atoms with Crippen molar-refractivity contribution in [3.63, 3.8) is 0 Å². The smallest absolute Gasteiger partial charge is 0.262 e. The van der Waals surface area contributed by atoms with E-state index in [1.54, 1.807) is 12.1 Å². The van der Waals surface area contributed by atoms with Crippen molar-refractivity contribution >= 4 is 46.8 Å². The number of fused-ring (bicyclic) bond motifs is 1. The minimum absolute atomic E-state index is 0.0692. The van der Waals surface area contributed by atoms with Gasteiger partial charge in [0.05, 0.1) is 21.7 Å². The zero-order chi connectivity index (χ0) is 45.1. The van der Waals surface area contributed by atoms with Crippen LogP contribution in [0.2, 0.25) is 5.02 Å². The van der Waals surface area contributed by atoms with E-state index in [1.807, 2.05) is 36.4 Å². The summed E-state index contributed by atoms with van der Waals surface area (Å²) in [6.45, 7) is 17.0. The molecule has 3 aromatic rings. The van der Waals surface area contributed by atoms with Crippen LogP contribution >= 0.6 is 11.6 Å². The van der Waals surface area contributed by atoms with Crippen molar-refractivity contribution in [3.05, 3.63) is 87.9 Å². The van der Waals surface area contributed by atoms with E-state index >= 15 is 0 Å². The second-order valence-electron chi connectivity index (χ2n) is 18.8. The molecule has 0 spiro atoms. The number of rotatable bonds is 9. The number of nitrogens with one attached hydrogen (secondary N) is 1. The molecule has 4 N–H and O–H groups in total. The number of nitrogens with two attached hydrogens (primary N) is 1. The van der Waals surface area contributed by atoms with E-state index in [0.29, 0.717) is 22.2 Å². The number of carbonyl (C=O) groups is 5. The number of carbonyl (C=O) groups excluding carboxylic acids is 5. The lowest BCUT2D eigenvalue weighted by molar-refractivity contribution is -0.136. The van der Waals surface area contributed by atoms with Crippen molar-refractivity contribution in [1.29, 1.82) is 5.26 Å². The van der Waals surface area contributed by atoms with Crippen molar-refractivity contribution in [2.24, 2.45) is 22.5 Å². The third-order valence-electron chi connectivity index (χ3n) is 12.9. The number of amides is 5. The molecule has 0 radical (unpaired) electrons. The molecular formula is C48H59ClN6O7. The average Bonchev–Trinajstić information content (AvgIpc) is 3.44. The molecule has 3 aliphatic heterocycles. The molecule has 1 atom stereocenters. The number of hydrogen-bond donors (Lipinski definition) is 3. The lowest BCUT2D eigenvalue weighted by Gasteiger charge is -2.56. The monoisotopic (exact) mass is 866 g/mol. The van der Waals surface area contributed by atoms with Crippen LogP contribution in [0.15, 0.2) is 60.7 Å². The van der Waals surface area contributed by atoms with E-state index in [9.17, 15) is 29.1 Å². The van der Waals surface area contributed by atoms with Crippen LogP contribution in [0.3, 0.4) is 0 Å². The summed E-state index contributed by atoms with van der Waals surface area (Å²) >= 11 is 6.01. The van der Waals surface area contributed by atoms with Gasteiger partial charge < -0.3 is 20.5 Å². The van der Waals surface area contributed by atoms with Gasteiger partial charge in [-0.2, -0.15) is 5.26 Å². The highest BCUT2D eigenvalue weighted by molar-refractivity contribution is 6.31. The fourth-order valence-electron chi connectivity index (χ4n) is 9.87. The predicted molar refractivity (Wildman–Crippen MR) is 237 cm³/mol. The van der Waals surface area contributed by atoms with Crippen LogP contribution in [-0.2, 0) is 9.59 Å². The number of anilines is 1. The topological polar surface area (TPSA) is 186 Å². The summed E-state index contributed by atoms with van der Waals surface area (Å²) in [5, 5.41) is 20.8. The number of nitrogens with zero attached hydrogens (tertiary/aromatic N) is 4. The van der Waals surface area contributed by atoms with Crippen molar-refractivity contribution in [2.45, 2.75) is 117 Å². The summed E-state index contributed by atoms with van der Waals surface area (Å²) in [7, 11) is 0. The number of phenolic OH excluding ortho intramolecular Hbond substituents is 1. The molecule has 8 rings (SSSR count). The van der Waals surface area contributed by atoms with Crippen molar-refractivity contribution < 1.29 is 33.8 Å². The van der Waals surface area contributed by atoms with Crippen LogP contribution in [0.4, 0.5) is 5.69 Å². The summed E-state index contributed by atoms with van der Waals surface area (Å²) in [4.78, 5) is 64.5. The van der Waals surface area contributed by atoms with Gasteiger partial charge in [-0.1, -0.05) is 45.7 Å². The molecular weight excluding hydrogens is 808 g/mol. The van der Waals surface area contributed by atoms with E-state index in [-0.39, 0.29) is 52.6 Å². The Balaban J connectivity index is 0.000000157. The van der Waals surface area contributed by atoms with Gasteiger partial charge in [-0.15, -0.1) is 0 Å². The van der Waals surface area contributed by atoms with Gasteiger partial charge in [0.15, 0.2) is 0 Å². The molecule has 14 heteroatoms. The Morgan fingerprint density at radius 3 is 2.11 bits per heavy atom. The minimum Gasteiger partial charge on any atom is -0.508 e. The number of imide groups is 2. The third-order valence-corrected chi connectivity index (χ3v) is 13.2. The third kappa shape index (κ3) is 10.2. The first-order chi connectivity index (χ1) is 29.3. The van der Waals surface area contributed by atoms with Gasteiger partial charge in [0, 0.05) is 66.3 Å². The van der Waals surface area contributed by atoms with E-state index < -0.39 is 29.7 Å². The predicted octanol–water partition coefficient (Wildman–Crippen LogP) is 7.47. The van der Waals surface area contributed by atoms with Crippen LogP contribution in [0, 0.1) is 28.1 Å². The Kier molecular flexibility index (Phi) is 14.0. The number of halogens is 1. The first kappa shape index (κ1) is 46.1. The van der Waals surface area contributed by atoms with Gasteiger partial charge in [-0.25, -0.2) is 0 Å². The molecule has 62 heavy (non-hydrogen) atoms. The molecule has 330 valence electrons. The fraction of sp³-hybridized carbons (Fsp3) is 0.500. The number of primary amides is 1. The van der Waals surface area contributed by atoms with Gasteiger partial charge in [-0.3, -0.25) is 39.1 Å². The lowest BCUT2D eigenvalue weighted by Crippen LogP contribution is -2.58. The summed E-state index contributed by atoms with van der Waals surface area (Å²) in [6, 6.07) is 19.4. The lowest BCUT2D eigenvalue weighted by atomic mass is 9.53. The largest absolute Gasteiger partial charge is 0.508 e. The van der Waals surface area contributed by atoms with Gasteiger partial charge in [0.2, 0.25) is 17.7 Å². The van der Waals surface area contributed by atoms with Crippen LogP contribution in [-0.4, -0.2) is 88.3 Å². The van der Waals surface area contributed by atoms with Gasteiger partial charge in [0.1, 0.15) is 29.7 Å².